The quantitative estimate of drug-likeness (QED) is 0.838. The van der Waals surface area contributed by atoms with Crippen molar-refractivity contribution in [1.82, 2.24) is 15.3 Å². The Bertz CT molecular complexity index is 394. The number of hydrogen-bond acceptors (Lipinski definition) is 4. The van der Waals surface area contributed by atoms with Crippen LogP contribution in [0.15, 0.2) is 6.07 Å². The second-order valence-electron chi connectivity index (χ2n) is 5.06. The van der Waals surface area contributed by atoms with Crippen molar-refractivity contribution in [3.05, 3.63) is 17.6 Å². The summed E-state index contributed by atoms with van der Waals surface area (Å²) in [5.74, 6) is 2.74. The Labute approximate surface area is 102 Å². The van der Waals surface area contributed by atoms with Crippen LogP contribution in [0.3, 0.4) is 0 Å². The van der Waals surface area contributed by atoms with E-state index in [1.807, 2.05) is 6.92 Å². The predicted octanol–water partition coefficient (Wildman–Crippen LogP) is 1.46. The molecule has 0 atom stereocenters. The number of aryl methyl sites for hydroxylation is 1. The maximum absolute atomic E-state index is 4.60. The Morgan fingerprint density at radius 3 is 2.65 bits per heavy atom. The lowest BCUT2D eigenvalue weighted by molar-refractivity contribution is 0.409. The Morgan fingerprint density at radius 2 is 2.00 bits per heavy atom. The van der Waals surface area contributed by atoms with Gasteiger partial charge in [-0.3, -0.25) is 0 Å². The number of aromatic nitrogens is 2. The standard InChI is InChI=1S/C13H20N4/c1-10-15-12(11-3-2-4-11)9-13(16-10)17-7-5-14-6-8-17/h9,11,14H,2-8H2,1H3. The summed E-state index contributed by atoms with van der Waals surface area (Å²) in [6.07, 6.45) is 3.96. The number of piperazine rings is 1. The summed E-state index contributed by atoms with van der Waals surface area (Å²) in [5.41, 5.74) is 1.26. The van der Waals surface area contributed by atoms with E-state index < -0.39 is 0 Å². The molecular weight excluding hydrogens is 212 g/mol. The molecule has 1 aliphatic heterocycles. The van der Waals surface area contributed by atoms with Gasteiger partial charge in [-0.15, -0.1) is 0 Å². The van der Waals surface area contributed by atoms with Crippen LogP contribution >= 0.6 is 0 Å². The highest BCUT2D eigenvalue weighted by Crippen LogP contribution is 2.36. The first-order valence-electron chi connectivity index (χ1n) is 6.64. The summed E-state index contributed by atoms with van der Waals surface area (Å²) in [4.78, 5) is 11.6. The van der Waals surface area contributed by atoms with Crippen LogP contribution in [0.2, 0.25) is 0 Å². The largest absolute Gasteiger partial charge is 0.354 e. The molecule has 0 unspecified atom stereocenters. The zero-order valence-electron chi connectivity index (χ0n) is 10.4. The molecule has 17 heavy (non-hydrogen) atoms. The number of nitrogens with zero attached hydrogens (tertiary/aromatic N) is 3. The lowest BCUT2D eigenvalue weighted by Crippen LogP contribution is -2.44. The molecule has 92 valence electrons. The summed E-state index contributed by atoms with van der Waals surface area (Å²) in [7, 11) is 0. The van der Waals surface area contributed by atoms with Crippen molar-refractivity contribution < 1.29 is 0 Å². The summed E-state index contributed by atoms with van der Waals surface area (Å²) < 4.78 is 0. The van der Waals surface area contributed by atoms with E-state index in [9.17, 15) is 0 Å². The Balaban J connectivity index is 1.84. The fourth-order valence-corrected chi connectivity index (χ4v) is 2.54. The van der Waals surface area contributed by atoms with Gasteiger partial charge < -0.3 is 10.2 Å². The number of rotatable bonds is 2. The highest BCUT2D eigenvalue weighted by molar-refractivity contribution is 5.41. The van der Waals surface area contributed by atoms with Crippen LogP contribution in [-0.2, 0) is 0 Å². The molecule has 2 heterocycles. The van der Waals surface area contributed by atoms with Crippen molar-refractivity contribution in [2.75, 3.05) is 31.1 Å². The highest BCUT2D eigenvalue weighted by atomic mass is 15.2. The maximum atomic E-state index is 4.60. The minimum Gasteiger partial charge on any atom is -0.354 e. The van der Waals surface area contributed by atoms with Crippen molar-refractivity contribution >= 4 is 5.82 Å². The van der Waals surface area contributed by atoms with E-state index in [0.29, 0.717) is 5.92 Å². The lowest BCUT2D eigenvalue weighted by Gasteiger charge is -2.30. The second-order valence-corrected chi connectivity index (χ2v) is 5.06. The molecule has 1 aromatic rings. The topological polar surface area (TPSA) is 41.1 Å². The normalized spacial score (nSPS) is 21.4. The average Bonchev–Trinajstić information content (AvgIpc) is 2.27. The first-order valence-corrected chi connectivity index (χ1v) is 6.64. The Morgan fingerprint density at radius 1 is 1.24 bits per heavy atom. The summed E-state index contributed by atoms with van der Waals surface area (Å²) >= 11 is 0. The lowest BCUT2D eigenvalue weighted by atomic mass is 9.83. The van der Waals surface area contributed by atoms with Crippen LogP contribution in [0.25, 0.3) is 0 Å². The SMILES string of the molecule is Cc1nc(C2CCC2)cc(N2CCNCC2)n1. The molecule has 4 nitrogen and oxygen atoms in total. The molecule has 1 aliphatic carbocycles. The third kappa shape index (κ3) is 2.27. The van der Waals surface area contributed by atoms with Crippen LogP contribution < -0.4 is 10.2 Å². The van der Waals surface area contributed by atoms with E-state index in [4.69, 9.17) is 0 Å². The van der Waals surface area contributed by atoms with Crippen molar-refractivity contribution in [1.29, 1.82) is 0 Å². The maximum Gasteiger partial charge on any atom is 0.132 e. The van der Waals surface area contributed by atoms with Crippen LogP contribution in [0.1, 0.15) is 36.7 Å². The van der Waals surface area contributed by atoms with Gasteiger partial charge in [-0.25, -0.2) is 9.97 Å². The van der Waals surface area contributed by atoms with Crippen molar-refractivity contribution in [2.24, 2.45) is 0 Å². The predicted molar refractivity (Wildman–Crippen MR) is 68.4 cm³/mol. The van der Waals surface area contributed by atoms with Gasteiger partial charge >= 0.3 is 0 Å². The molecule has 1 saturated heterocycles. The summed E-state index contributed by atoms with van der Waals surface area (Å²) in [6, 6.07) is 2.21. The molecule has 4 heteroatoms. The van der Waals surface area contributed by atoms with E-state index in [0.717, 1.165) is 37.8 Å². The van der Waals surface area contributed by atoms with Gasteiger partial charge in [0, 0.05) is 43.9 Å². The molecule has 0 amide bonds. The van der Waals surface area contributed by atoms with Gasteiger partial charge in [-0.05, 0) is 19.8 Å². The molecule has 2 fully saturated rings. The fourth-order valence-electron chi connectivity index (χ4n) is 2.54. The molecule has 0 spiro atoms. The summed E-state index contributed by atoms with van der Waals surface area (Å²) in [6.45, 7) is 6.23. The molecular formula is C13H20N4. The number of nitrogens with one attached hydrogen (secondary N) is 1. The van der Waals surface area contributed by atoms with Gasteiger partial charge in [0.25, 0.3) is 0 Å². The molecule has 1 aromatic heterocycles. The van der Waals surface area contributed by atoms with E-state index >= 15 is 0 Å². The van der Waals surface area contributed by atoms with Crippen LogP contribution in [0.4, 0.5) is 5.82 Å². The van der Waals surface area contributed by atoms with Gasteiger partial charge in [-0.1, -0.05) is 6.42 Å². The molecule has 0 radical (unpaired) electrons. The molecule has 1 N–H and O–H groups in total. The van der Waals surface area contributed by atoms with Gasteiger partial charge in [0.1, 0.15) is 11.6 Å². The molecule has 1 saturated carbocycles. The molecule has 0 bridgehead atoms. The van der Waals surface area contributed by atoms with Crippen molar-refractivity contribution in [2.45, 2.75) is 32.1 Å². The fraction of sp³-hybridized carbons (Fsp3) is 0.692. The first kappa shape index (κ1) is 11.0. The van der Waals surface area contributed by atoms with Crippen LogP contribution in [0.5, 0.6) is 0 Å². The van der Waals surface area contributed by atoms with Crippen molar-refractivity contribution in [3.63, 3.8) is 0 Å². The minimum absolute atomic E-state index is 0.693. The van der Waals surface area contributed by atoms with Crippen LogP contribution in [0, 0.1) is 6.92 Å². The van der Waals surface area contributed by atoms with Gasteiger partial charge in [0.15, 0.2) is 0 Å². The first-order chi connectivity index (χ1) is 8.33. The van der Waals surface area contributed by atoms with Gasteiger partial charge in [-0.2, -0.15) is 0 Å². The third-order valence-electron chi connectivity index (χ3n) is 3.81. The second kappa shape index (κ2) is 4.61. The van der Waals surface area contributed by atoms with Crippen LogP contribution in [-0.4, -0.2) is 36.1 Å². The van der Waals surface area contributed by atoms with E-state index in [2.05, 4.69) is 26.3 Å². The van der Waals surface area contributed by atoms with E-state index in [-0.39, 0.29) is 0 Å². The third-order valence-corrected chi connectivity index (χ3v) is 3.81. The molecule has 2 aliphatic rings. The van der Waals surface area contributed by atoms with Crippen molar-refractivity contribution in [3.8, 4) is 0 Å². The average molecular weight is 232 g/mol. The smallest absolute Gasteiger partial charge is 0.132 e. The highest BCUT2D eigenvalue weighted by Gasteiger charge is 2.23. The molecule has 0 aromatic carbocycles. The van der Waals surface area contributed by atoms with Gasteiger partial charge in [0.2, 0.25) is 0 Å². The van der Waals surface area contributed by atoms with E-state index in [1.165, 1.54) is 25.0 Å². The number of hydrogen-bond donors (Lipinski definition) is 1. The zero-order valence-corrected chi connectivity index (χ0v) is 10.4. The number of anilines is 1. The van der Waals surface area contributed by atoms with E-state index in [1.54, 1.807) is 0 Å². The molecule has 3 rings (SSSR count). The Hall–Kier alpha value is -1.16. The minimum atomic E-state index is 0.693. The van der Waals surface area contributed by atoms with Gasteiger partial charge in [0.05, 0.1) is 0 Å². The summed E-state index contributed by atoms with van der Waals surface area (Å²) in [5, 5.41) is 3.37. The monoisotopic (exact) mass is 232 g/mol. The Kier molecular flexibility index (Phi) is 2.97. The zero-order chi connectivity index (χ0) is 11.7.